The Bertz CT molecular complexity index is 455. The van der Waals surface area contributed by atoms with Crippen molar-refractivity contribution in [1.82, 2.24) is 0 Å². The third-order valence-corrected chi connectivity index (χ3v) is 4.21. The fourth-order valence-corrected chi connectivity index (χ4v) is 3.15. The molecule has 1 fully saturated rings. The van der Waals surface area contributed by atoms with E-state index in [0.29, 0.717) is 12.5 Å². The van der Waals surface area contributed by atoms with Crippen molar-refractivity contribution in [2.45, 2.75) is 45.4 Å². The molecule has 1 aromatic carbocycles. The molecule has 20 heavy (non-hydrogen) atoms. The van der Waals surface area contributed by atoms with Crippen molar-refractivity contribution < 1.29 is 14.6 Å². The number of aliphatic carboxylic acids is 1. The molecule has 0 aliphatic heterocycles. The lowest BCUT2D eigenvalue weighted by molar-refractivity contribution is -0.143. The van der Waals surface area contributed by atoms with Crippen LogP contribution in [0.3, 0.4) is 0 Å². The van der Waals surface area contributed by atoms with E-state index in [1.807, 2.05) is 24.3 Å². The molecule has 3 nitrogen and oxygen atoms in total. The highest BCUT2D eigenvalue weighted by atomic mass is 16.5. The predicted molar refractivity (Wildman–Crippen MR) is 79.1 cm³/mol. The molecular formula is C17H24O3. The van der Waals surface area contributed by atoms with Gasteiger partial charge in [-0.1, -0.05) is 32.0 Å². The van der Waals surface area contributed by atoms with E-state index in [1.54, 1.807) is 0 Å². The summed E-state index contributed by atoms with van der Waals surface area (Å²) < 4.78 is 5.81. The molecule has 0 aromatic heterocycles. The Kier molecular flexibility index (Phi) is 5.05. The van der Waals surface area contributed by atoms with Crippen LogP contribution in [0, 0.1) is 11.8 Å². The SMILES string of the molecule is CCCOc1ccccc1C1CC(C)CCC1C(=O)O. The van der Waals surface area contributed by atoms with Crippen LogP contribution in [0.2, 0.25) is 0 Å². The van der Waals surface area contributed by atoms with Crippen molar-refractivity contribution in [2.24, 2.45) is 11.8 Å². The van der Waals surface area contributed by atoms with Gasteiger partial charge < -0.3 is 9.84 Å². The van der Waals surface area contributed by atoms with Crippen molar-refractivity contribution in [3.63, 3.8) is 0 Å². The summed E-state index contributed by atoms with van der Waals surface area (Å²) in [5.74, 6) is 0.559. The second-order valence-corrected chi connectivity index (χ2v) is 5.86. The van der Waals surface area contributed by atoms with E-state index in [2.05, 4.69) is 13.8 Å². The highest BCUT2D eigenvalue weighted by molar-refractivity contribution is 5.72. The number of hydrogen-bond donors (Lipinski definition) is 1. The molecule has 1 saturated carbocycles. The fourth-order valence-electron chi connectivity index (χ4n) is 3.15. The van der Waals surface area contributed by atoms with E-state index >= 15 is 0 Å². The van der Waals surface area contributed by atoms with E-state index in [1.165, 1.54) is 0 Å². The second kappa shape index (κ2) is 6.78. The predicted octanol–water partition coefficient (Wildman–Crippen LogP) is 4.08. The first kappa shape index (κ1) is 14.9. The minimum Gasteiger partial charge on any atom is -0.493 e. The highest BCUT2D eigenvalue weighted by Crippen LogP contribution is 2.43. The quantitative estimate of drug-likeness (QED) is 0.881. The van der Waals surface area contributed by atoms with E-state index in [4.69, 9.17) is 4.74 Å². The molecule has 0 radical (unpaired) electrons. The molecule has 1 N–H and O–H groups in total. The van der Waals surface area contributed by atoms with Gasteiger partial charge in [-0.05, 0) is 43.2 Å². The molecule has 0 amide bonds. The summed E-state index contributed by atoms with van der Waals surface area (Å²) in [5, 5.41) is 9.48. The Morgan fingerprint density at radius 2 is 2.10 bits per heavy atom. The maximum Gasteiger partial charge on any atom is 0.307 e. The summed E-state index contributed by atoms with van der Waals surface area (Å²) in [7, 11) is 0. The summed E-state index contributed by atoms with van der Waals surface area (Å²) in [6, 6.07) is 7.93. The second-order valence-electron chi connectivity index (χ2n) is 5.86. The normalized spacial score (nSPS) is 26.2. The van der Waals surface area contributed by atoms with Crippen LogP contribution in [0.4, 0.5) is 0 Å². The first-order valence-corrected chi connectivity index (χ1v) is 7.58. The number of carbonyl (C=O) groups is 1. The fraction of sp³-hybridized carbons (Fsp3) is 0.588. The van der Waals surface area contributed by atoms with Crippen LogP contribution in [0.1, 0.15) is 51.0 Å². The Hall–Kier alpha value is -1.51. The van der Waals surface area contributed by atoms with Crippen molar-refractivity contribution in [2.75, 3.05) is 6.61 Å². The van der Waals surface area contributed by atoms with Gasteiger partial charge in [0.1, 0.15) is 5.75 Å². The summed E-state index contributed by atoms with van der Waals surface area (Å²) in [4.78, 5) is 11.5. The van der Waals surface area contributed by atoms with Crippen molar-refractivity contribution in [3.8, 4) is 5.75 Å². The first-order chi connectivity index (χ1) is 9.63. The number of rotatable bonds is 5. The van der Waals surface area contributed by atoms with Gasteiger partial charge in [-0.15, -0.1) is 0 Å². The number of carboxylic acid groups (broad SMARTS) is 1. The lowest BCUT2D eigenvalue weighted by atomic mass is 9.71. The van der Waals surface area contributed by atoms with Gasteiger partial charge in [0.2, 0.25) is 0 Å². The van der Waals surface area contributed by atoms with Crippen molar-refractivity contribution in [1.29, 1.82) is 0 Å². The maximum atomic E-state index is 11.5. The van der Waals surface area contributed by atoms with Crippen LogP contribution < -0.4 is 4.74 Å². The molecule has 3 atom stereocenters. The molecule has 110 valence electrons. The molecular weight excluding hydrogens is 252 g/mol. The van der Waals surface area contributed by atoms with Crippen LogP contribution in [0.5, 0.6) is 5.75 Å². The Labute approximate surface area is 121 Å². The van der Waals surface area contributed by atoms with Crippen molar-refractivity contribution in [3.05, 3.63) is 29.8 Å². The minimum atomic E-state index is -0.674. The van der Waals surface area contributed by atoms with Crippen molar-refractivity contribution >= 4 is 5.97 Å². The maximum absolute atomic E-state index is 11.5. The van der Waals surface area contributed by atoms with Gasteiger partial charge in [0.15, 0.2) is 0 Å². The molecule has 2 rings (SSSR count). The zero-order chi connectivity index (χ0) is 14.5. The van der Waals surface area contributed by atoms with Gasteiger partial charge in [0.05, 0.1) is 12.5 Å². The molecule has 3 heteroatoms. The lowest BCUT2D eigenvalue weighted by Crippen LogP contribution is -2.28. The number of hydrogen-bond acceptors (Lipinski definition) is 2. The van der Waals surface area contributed by atoms with Crippen LogP contribution >= 0.6 is 0 Å². The van der Waals surface area contributed by atoms with Crippen LogP contribution in [0.15, 0.2) is 24.3 Å². The average molecular weight is 276 g/mol. The Morgan fingerprint density at radius 1 is 1.35 bits per heavy atom. The van der Waals surface area contributed by atoms with Gasteiger partial charge in [-0.2, -0.15) is 0 Å². The molecule has 1 aliphatic rings. The Morgan fingerprint density at radius 3 is 2.80 bits per heavy atom. The zero-order valence-corrected chi connectivity index (χ0v) is 12.3. The monoisotopic (exact) mass is 276 g/mol. The molecule has 0 heterocycles. The third kappa shape index (κ3) is 3.33. The summed E-state index contributed by atoms with van der Waals surface area (Å²) in [6.45, 7) is 4.96. The van der Waals surface area contributed by atoms with E-state index < -0.39 is 5.97 Å². The Balaban J connectivity index is 2.28. The van der Waals surface area contributed by atoms with Crippen LogP contribution in [-0.4, -0.2) is 17.7 Å². The average Bonchev–Trinajstić information content (AvgIpc) is 2.45. The largest absolute Gasteiger partial charge is 0.493 e. The first-order valence-electron chi connectivity index (χ1n) is 7.58. The zero-order valence-electron chi connectivity index (χ0n) is 12.3. The topological polar surface area (TPSA) is 46.5 Å². The van der Waals surface area contributed by atoms with Gasteiger partial charge in [-0.25, -0.2) is 0 Å². The number of ether oxygens (including phenoxy) is 1. The van der Waals surface area contributed by atoms with E-state index in [-0.39, 0.29) is 11.8 Å². The van der Waals surface area contributed by atoms with Gasteiger partial charge >= 0.3 is 5.97 Å². The highest BCUT2D eigenvalue weighted by Gasteiger charge is 2.35. The molecule has 0 spiro atoms. The number of carboxylic acids is 1. The summed E-state index contributed by atoms with van der Waals surface area (Å²) in [5.41, 5.74) is 1.07. The van der Waals surface area contributed by atoms with Gasteiger partial charge in [-0.3, -0.25) is 4.79 Å². The molecule has 1 aromatic rings. The van der Waals surface area contributed by atoms with E-state index in [0.717, 1.165) is 37.0 Å². The molecule has 3 unspecified atom stereocenters. The van der Waals surface area contributed by atoms with E-state index in [9.17, 15) is 9.90 Å². The standard InChI is InChI=1S/C17H24O3/c1-3-10-20-16-7-5-4-6-13(16)15-11-12(2)8-9-14(15)17(18)19/h4-7,12,14-15H,3,8-11H2,1-2H3,(H,18,19). The molecule has 0 bridgehead atoms. The summed E-state index contributed by atoms with van der Waals surface area (Å²) in [6.07, 6.45) is 3.66. The van der Waals surface area contributed by atoms with Crippen LogP contribution in [0.25, 0.3) is 0 Å². The lowest BCUT2D eigenvalue weighted by Gasteiger charge is -2.33. The van der Waals surface area contributed by atoms with Crippen LogP contribution in [-0.2, 0) is 4.79 Å². The minimum absolute atomic E-state index is 0.0734. The third-order valence-electron chi connectivity index (χ3n) is 4.21. The number of benzene rings is 1. The smallest absolute Gasteiger partial charge is 0.307 e. The molecule has 0 saturated heterocycles. The summed E-state index contributed by atoms with van der Waals surface area (Å²) >= 11 is 0. The number of para-hydroxylation sites is 1. The molecule has 1 aliphatic carbocycles. The van der Waals surface area contributed by atoms with Gasteiger partial charge in [0.25, 0.3) is 0 Å². The van der Waals surface area contributed by atoms with Gasteiger partial charge in [0, 0.05) is 5.92 Å².